The molecule has 9 rings (SSSR count). The van der Waals surface area contributed by atoms with E-state index in [2.05, 4.69) is 4.98 Å². The SMILES string of the molecule is ClC1=C(Cl)c2nc1c(-c1ccccc1)c1[nH]c(cc1Cl)c(-c1ccccc1)c1nc(c(-c3ccccc3)c3c(Cl)c(Cl)c(c2-c2ccccc2)n3Cl)C=C1. The number of nitrogens with zero attached hydrogens (tertiary/aromatic N) is 3. The Balaban J connectivity index is 1.60. The summed E-state index contributed by atoms with van der Waals surface area (Å²) in [5.41, 5.74) is 10.3. The number of nitrogens with one attached hydrogen (secondary N) is 1. The van der Waals surface area contributed by atoms with Crippen LogP contribution in [0.3, 0.4) is 0 Å². The summed E-state index contributed by atoms with van der Waals surface area (Å²) < 4.78 is 1.48. The van der Waals surface area contributed by atoms with Crippen molar-refractivity contribution in [1.82, 2.24) is 19.0 Å². The highest BCUT2D eigenvalue weighted by atomic mass is 35.5. The largest absolute Gasteiger partial charge is 0.353 e. The second-order valence-corrected chi connectivity index (χ2v) is 14.9. The van der Waals surface area contributed by atoms with Crippen molar-refractivity contribution in [2.24, 2.45) is 0 Å². The monoisotopic (exact) mass is 818 g/mol. The van der Waals surface area contributed by atoms with Crippen LogP contribution in [-0.4, -0.2) is 19.0 Å². The minimum atomic E-state index is 0.210. The van der Waals surface area contributed by atoms with Gasteiger partial charge in [0.05, 0.1) is 70.0 Å². The molecular formula is C44H24Cl6N4. The van der Waals surface area contributed by atoms with Gasteiger partial charge < -0.3 is 4.98 Å². The minimum absolute atomic E-state index is 0.210. The third kappa shape index (κ3) is 5.77. The van der Waals surface area contributed by atoms with Gasteiger partial charge in [0.25, 0.3) is 0 Å². The summed E-state index contributed by atoms with van der Waals surface area (Å²) in [4.78, 5) is 14.2. The predicted molar refractivity (Wildman–Crippen MR) is 230 cm³/mol. The number of H-pyrrole nitrogens is 1. The molecule has 0 spiro atoms. The van der Waals surface area contributed by atoms with Gasteiger partial charge in [0.2, 0.25) is 0 Å². The highest BCUT2D eigenvalue weighted by Gasteiger charge is 2.30. The highest BCUT2D eigenvalue weighted by molar-refractivity contribution is 6.66. The second-order valence-electron chi connectivity index (χ2n) is 12.6. The molecule has 0 unspecified atom stereocenters. The van der Waals surface area contributed by atoms with E-state index in [0.29, 0.717) is 61.0 Å². The summed E-state index contributed by atoms with van der Waals surface area (Å²) in [5.74, 6) is 0. The number of hydrogen-bond acceptors (Lipinski definition) is 2. The molecule has 7 aromatic rings. The Hall–Kier alpha value is -4.78. The molecule has 0 fully saturated rings. The Morgan fingerprint density at radius 3 is 1.39 bits per heavy atom. The van der Waals surface area contributed by atoms with E-state index in [1.165, 1.54) is 4.09 Å². The Kier molecular flexibility index (Phi) is 9.15. The molecule has 2 aliphatic heterocycles. The first-order chi connectivity index (χ1) is 26.3. The van der Waals surface area contributed by atoms with Crippen LogP contribution in [0.5, 0.6) is 0 Å². The zero-order chi connectivity index (χ0) is 37.1. The number of rotatable bonds is 4. The van der Waals surface area contributed by atoms with Crippen molar-refractivity contribution in [3.63, 3.8) is 0 Å². The zero-order valence-corrected chi connectivity index (χ0v) is 32.4. The van der Waals surface area contributed by atoms with Crippen LogP contribution >= 0.6 is 69.8 Å². The Bertz CT molecular complexity index is 2860. The van der Waals surface area contributed by atoms with Crippen molar-refractivity contribution in [1.29, 1.82) is 0 Å². The van der Waals surface area contributed by atoms with Gasteiger partial charge in [-0.15, -0.1) is 0 Å². The molecule has 5 heterocycles. The van der Waals surface area contributed by atoms with Crippen LogP contribution in [0.1, 0.15) is 22.8 Å². The summed E-state index contributed by atoms with van der Waals surface area (Å²) in [6.07, 6.45) is 3.94. The predicted octanol–water partition coefficient (Wildman–Crippen LogP) is 14.9. The molecule has 0 amide bonds. The Morgan fingerprint density at radius 1 is 0.463 bits per heavy atom. The molecule has 54 heavy (non-hydrogen) atoms. The first kappa shape index (κ1) is 35.0. The summed E-state index contributed by atoms with van der Waals surface area (Å²) in [6, 6.07) is 41.2. The lowest BCUT2D eigenvalue weighted by atomic mass is 10.0. The van der Waals surface area contributed by atoms with Gasteiger partial charge in [0.1, 0.15) is 0 Å². The van der Waals surface area contributed by atoms with E-state index in [1.807, 2.05) is 140 Å². The third-order valence-corrected chi connectivity index (χ3v) is 11.8. The first-order valence-corrected chi connectivity index (χ1v) is 19.1. The number of aromatic amines is 1. The van der Waals surface area contributed by atoms with Crippen molar-refractivity contribution in [2.45, 2.75) is 0 Å². The van der Waals surface area contributed by atoms with E-state index in [4.69, 9.17) is 79.7 Å². The van der Waals surface area contributed by atoms with Crippen LogP contribution in [0.25, 0.3) is 88.8 Å². The zero-order valence-electron chi connectivity index (χ0n) is 27.9. The molecule has 8 bridgehead atoms. The van der Waals surface area contributed by atoms with Crippen molar-refractivity contribution in [2.75, 3.05) is 0 Å². The lowest BCUT2D eigenvalue weighted by molar-refractivity contribution is 1.29. The fourth-order valence-electron chi connectivity index (χ4n) is 7.10. The number of fused-ring (bicyclic) bond motifs is 8. The standard InChI is InChI=1S/C44H24Cl6N4/c45-28-23-31-32(24-13-5-1-6-14-24)29-21-22-30(51-29)33(25-15-7-2-8-16-25)43-38(48)39(49)44(54(43)50)35(27-19-11-4-12-20-27)42-37(47)36(46)41(53-42)34(40(28)52-31)26-17-9-3-10-18-26/h1-23,52H. The first-order valence-electron chi connectivity index (χ1n) is 16.8. The molecule has 262 valence electrons. The highest BCUT2D eigenvalue weighted by Crippen LogP contribution is 2.50. The number of hydrogen-bond donors (Lipinski definition) is 1. The lowest BCUT2D eigenvalue weighted by Crippen LogP contribution is -1.93. The molecule has 4 aromatic carbocycles. The van der Waals surface area contributed by atoms with E-state index in [0.717, 1.165) is 33.3 Å². The fourth-order valence-corrected chi connectivity index (χ4v) is 8.76. The molecule has 0 aliphatic carbocycles. The lowest BCUT2D eigenvalue weighted by Gasteiger charge is -2.09. The third-order valence-electron chi connectivity index (χ3n) is 9.47. The number of aromatic nitrogens is 4. The number of halogens is 6. The topological polar surface area (TPSA) is 46.5 Å². The summed E-state index contributed by atoms with van der Waals surface area (Å²) in [6.45, 7) is 0. The van der Waals surface area contributed by atoms with Gasteiger partial charge in [0.15, 0.2) is 0 Å². The van der Waals surface area contributed by atoms with Crippen molar-refractivity contribution in [3.05, 3.63) is 165 Å². The van der Waals surface area contributed by atoms with Crippen LogP contribution in [0.2, 0.25) is 15.1 Å². The summed E-state index contributed by atoms with van der Waals surface area (Å²) >= 11 is 43.8. The molecule has 0 radical (unpaired) electrons. The van der Waals surface area contributed by atoms with Crippen LogP contribution < -0.4 is 0 Å². The quantitative estimate of drug-likeness (QED) is 0.192. The van der Waals surface area contributed by atoms with Gasteiger partial charge in [0, 0.05) is 34.0 Å². The number of benzene rings is 4. The maximum Gasteiger partial charge on any atom is 0.0940 e. The van der Waals surface area contributed by atoms with Gasteiger partial charge in [-0.25, -0.2) is 14.1 Å². The maximum absolute atomic E-state index is 7.48. The molecule has 3 aromatic heterocycles. The van der Waals surface area contributed by atoms with Crippen molar-refractivity contribution < 1.29 is 0 Å². The van der Waals surface area contributed by atoms with Crippen LogP contribution in [0.4, 0.5) is 0 Å². The minimum Gasteiger partial charge on any atom is -0.353 e. The molecule has 0 saturated heterocycles. The molecule has 4 nitrogen and oxygen atoms in total. The molecule has 2 aliphatic rings. The van der Waals surface area contributed by atoms with E-state index in [9.17, 15) is 0 Å². The van der Waals surface area contributed by atoms with Gasteiger partial charge in [-0.2, -0.15) is 0 Å². The molecular weight excluding hydrogens is 797 g/mol. The van der Waals surface area contributed by atoms with Gasteiger partial charge >= 0.3 is 0 Å². The Morgan fingerprint density at radius 2 is 0.870 bits per heavy atom. The van der Waals surface area contributed by atoms with Gasteiger partial charge in [-0.05, 0) is 40.5 Å². The Labute approximate surface area is 340 Å². The van der Waals surface area contributed by atoms with Crippen LogP contribution in [0, 0.1) is 0 Å². The van der Waals surface area contributed by atoms with Crippen LogP contribution in [-0.2, 0) is 0 Å². The summed E-state index contributed by atoms with van der Waals surface area (Å²) in [7, 11) is 0. The maximum atomic E-state index is 7.48. The molecule has 0 atom stereocenters. The smallest absolute Gasteiger partial charge is 0.0940 e. The molecule has 1 N–H and O–H groups in total. The van der Waals surface area contributed by atoms with Crippen LogP contribution in [0.15, 0.2) is 127 Å². The van der Waals surface area contributed by atoms with Gasteiger partial charge in [-0.3, -0.25) is 0 Å². The average molecular weight is 821 g/mol. The van der Waals surface area contributed by atoms with Crippen molar-refractivity contribution in [3.8, 4) is 44.5 Å². The van der Waals surface area contributed by atoms with E-state index in [1.54, 1.807) is 0 Å². The summed E-state index contributed by atoms with van der Waals surface area (Å²) in [5, 5.41) is 1.35. The normalized spacial score (nSPS) is 12.5. The second kappa shape index (κ2) is 14.1. The fraction of sp³-hybridized carbons (Fsp3) is 0. The van der Waals surface area contributed by atoms with E-state index >= 15 is 0 Å². The van der Waals surface area contributed by atoms with Crippen molar-refractivity contribution >= 4 is 114 Å². The van der Waals surface area contributed by atoms with E-state index in [-0.39, 0.29) is 20.1 Å². The average Bonchev–Trinajstić information content (AvgIpc) is 3.95. The molecule has 0 saturated carbocycles. The van der Waals surface area contributed by atoms with Gasteiger partial charge in [-0.1, -0.05) is 179 Å². The molecule has 10 heteroatoms. The van der Waals surface area contributed by atoms with E-state index < -0.39 is 0 Å².